The zero-order chi connectivity index (χ0) is 20.3. The number of hydrogen-bond donors (Lipinski definition) is 2. The zero-order valence-corrected chi connectivity index (χ0v) is 18.4. The van der Waals surface area contributed by atoms with Gasteiger partial charge in [-0.25, -0.2) is 0 Å². The number of hydrogen-bond acceptors (Lipinski definition) is 3. The second kappa shape index (κ2) is 9.36. The maximum Gasteiger partial charge on any atom is 0.0728 e. The summed E-state index contributed by atoms with van der Waals surface area (Å²) in [6.45, 7) is 5.03. The minimum Gasteiger partial charge on any atom is -0.389 e. The van der Waals surface area contributed by atoms with Crippen LogP contribution >= 0.6 is 23.2 Å². The van der Waals surface area contributed by atoms with Gasteiger partial charge >= 0.3 is 0 Å². The normalized spacial score (nSPS) is 21.1. The van der Waals surface area contributed by atoms with Gasteiger partial charge in [0.15, 0.2) is 0 Å². The lowest BCUT2D eigenvalue weighted by Gasteiger charge is -2.42. The monoisotopic (exact) mass is 432 g/mol. The Hall–Kier alpha value is -1.10. The molecule has 4 rings (SSSR count). The summed E-state index contributed by atoms with van der Waals surface area (Å²) in [5, 5.41) is 16.2. The standard InChI is InChI=1S/C24H30Cl2N2O/c25-22-8-7-19(16-23(22)26)18-5-4-6-20(15-18)21(17-28-13-11-27-12-14-28)24(29)9-2-1-3-10-24/h4-8,15-16,21,27,29H,1-3,9-14,17H2. The van der Waals surface area contributed by atoms with Crippen molar-refractivity contribution in [2.45, 2.75) is 43.6 Å². The number of aliphatic hydroxyl groups is 1. The summed E-state index contributed by atoms with van der Waals surface area (Å²) in [6, 6.07) is 14.4. The van der Waals surface area contributed by atoms with E-state index in [2.05, 4.69) is 34.5 Å². The number of nitrogens with one attached hydrogen (secondary N) is 1. The summed E-state index contributed by atoms with van der Waals surface area (Å²) in [7, 11) is 0. The first-order valence-corrected chi connectivity index (χ1v) is 11.5. The molecule has 3 nitrogen and oxygen atoms in total. The van der Waals surface area contributed by atoms with E-state index in [-0.39, 0.29) is 5.92 Å². The number of rotatable bonds is 5. The molecule has 2 N–H and O–H groups in total. The molecule has 0 spiro atoms. The Bertz CT molecular complexity index is 829. The predicted molar refractivity (Wildman–Crippen MR) is 122 cm³/mol. The molecule has 2 aromatic carbocycles. The van der Waals surface area contributed by atoms with Crippen LogP contribution in [0, 0.1) is 0 Å². The summed E-state index contributed by atoms with van der Waals surface area (Å²) in [6.07, 6.45) is 5.23. The maximum absolute atomic E-state index is 11.7. The van der Waals surface area contributed by atoms with Gasteiger partial charge in [-0.3, -0.25) is 0 Å². The van der Waals surface area contributed by atoms with Crippen LogP contribution in [0.3, 0.4) is 0 Å². The highest BCUT2D eigenvalue weighted by molar-refractivity contribution is 6.42. The largest absolute Gasteiger partial charge is 0.389 e. The Morgan fingerprint density at radius 3 is 2.38 bits per heavy atom. The molecule has 0 amide bonds. The second-order valence-electron chi connectivity index (χ2n) is 8.52. The highest BCUT2D eigenvalue weighted by Crippen LogP contribution is 2.41. The third kappa shape index (κ3) is 4.98. The molecule has 0 bridgehead atoms. The first-order valence-electron chi connectivity index (χ1n) is 10.8. The molecule has 1 saturated heterocycles. The van der Waals surface area contributed by atoms with E-state index in [4.69, 9.17) is 23.2 Å². The lowest BCUT2D eigenvalue weighted by atomic mass is 9.72. The van der Waals surface area contributed by atoms with Crippen LogP contribution in [0.2, 0.25) is 10.0 Å². The molecular weight excluding hydrogens is 403 g/mol. The van der Waals surface area contributed by atoms with Crippen LogP contribution in [0.5, 0.6) is 0 Å². The molecule has 1 unspecified atom stereocenters. The average molecular weight is 433 g/mol. The fraction of sp³-hybridized carbons (Fsp3) is 0.500. The van der Waals surface area contributed by atoms with Crippen LogP contribution in [0.4, 0.5) is 0 Å². The molecule has 1 atom stereocenters. The molecular formula is C24H30Cl2N2O. The van der Waals surface area contributed by atoms with Crippen molar-refractivity contribution < 1.29 is 5.11 Å². The minimum atomic E-state index is -0.626. The number of benzene rings is 2. The van der Waals surface area contributed by atoms with Gasteiger partial charge in [0.1, 0.15) is 0 Å². The third-order valence-electron chi connectivity index (χ3n) is 6.56. The van der Waals surface area contributed by atoms with Gasteiger partial charge in [-0.15, -0.1) is 0 Å². The molecule has 29 heavy (non-hydrogen) atoms. The smallest absolute Gasteiger partial charge is 0.0728 e. The Kier molecular flexibility index (Phi) is 6.83. The van der Waals surface area contributed by atoms with Gasteiger partial charge in [0, 0.05) is 38.6 Å². The van der Waals surface area contributed by atoms with E-state index >= 15 is 0 Å². The van der Waals surface area contributed by atoms with Crippen LogP contribution in [0.15, 0.2) is 42.5 Å². The van der Waals surface area contributed by atoms with E-state index in [1.807, 2.05) is 18.2 Å². The molecule has 1 heterocycles. The van der Waals surface area contributed by atoms with Gasteiger partial charge in [-0.2, -0.15) is 0 Å². The van der Waals surface area contributed by atoms with Crippen LogP contribution in [0.25, 0.3) is 11.1 Å². The molecule has 0 radical (unpaired) electrons. The van der Waals surface area contributed by atoms with Gasteiger partial charge in [-0.1, -0.05) is 72.8 Å². The van der Waals surface area contributed by atoms with Gasteiger partial charge in [0.2, 0.25) is 0 Å². The third-order valence-corrected chi connectivity index (χ3v) is 7.30. The van der Waals surface area contributed by atoms with Crippen LogP contribution in [0.1, 0.15) is 43.6 Å². The summed E-state index contributed by atoms with van der Waals surface area (Å²) in [4.78, 5) is 2.50. The quantitative estimate of drug-likeness (QED) is 0.668. The van der Waals surface area contributed by atoms with E-state index < -0.39 is 5.60 Å². The molecule has 1 aliphatic carbocycles. The van der Waals surface area contributed by atoms with Crippen molar-refractivity contribution in [2.75, 3.05) is 32.7 Å². The molecule has 1 aliphatic heterocycles. The number of halogens is 2. The zero-order valence-electron chi connectivity index (χ0n) is 16.8. The minimum absolute atomic E-state index is 0.114. The van der Waals surface area contributed by atoms with Gasteiger partial charge < -0.3 is 15.3 Å². The molecule has 5 heteroatoms. The Morgan fingerprint density at radius 2 is 1.66 bits per heavy atom. The van der Waals surface area contributed by atoms with Gasteiger partial charge in [-0.05, 0) is 41.7 Å². The van der Waals surface area contributed by atoms with Crippen LogP contribution in [-0.2, 0) is 0 Å². The van der Waals surface area contributed by atoms with Crippen molar-refractivity contribution in [1.82, 2.24) is 10.2 Å². The van der Waals surface area contributed by atoms with Crippen LogP contribution < -0.4 is 5.32 Å². The van der Waals surface area contributed by atoms with E-state index in [0.717, 1.165) is 69.5 Å². The van der Waals surface area contributed by atoms with Gasteiger partial charge in [0.05, 0.1) is 15.6 Å². The highest BCUT2D eigenvalue weighted by atomic mass is 35.5. The highest BCUT2D eigenvalue weighted by Gasteiger charge is 2.39. The fourth-order valence-electron chi connectivity index (χ4n) is 4.86. The molecule has 156 valence electrons. The molecule has 2 fully saturated rings. The number of piperazine rings is 1. The fourth-order valence-corrected chi connectivity index (χ4v) is 5.16. The maximum atomic E-state index is 11.7. The van der Waals surface area contributed by atoms with Crippen molar-refractivity contribution in [3.05, 3.63) is 58.1 Å². The van der Waals surface area contributed by atoms with Gasteiger partial charge in [0.25, 0.3) is 0 Å². The van der Waals surface area contributed by atoms with Crippen molar-refractivity contribution in [3.8, 4) is 11.1 Å². The lowest BCUT2D eigenvalue weighted by molar-refractivity contribution is -0.0316. The molecule has 1 saturated carbocycles. The van der Waals surface area contributed by atoms with E-state index in [9.17, 15) is 5.11 Å². The van der Waals surface area contributed by atoms with Crippen molar-refractivity contribution in [2.24, 2.45) is 0 Å². The summed E-state index contributed by atoms with van der Waals surface area (Å²) >= 11 is 12.4. The Balaban J connectivity index is 1.66. The summed E-state index contributed by atoms with van der Waals surface area (Å²) < 4.78 is 0. The summed E-state index contributed by atoms with van der Waals surface area (Å²) in [5.41, 5.74) is 2.76. The SMILES string of the molecule is OC1(C(CN2CCNCC2)c2cccc(-c3ccc(Cl)c(Cl)c3)c2)CCCCC1. The first-order chi connectivity index (χ1) is 14.0. The first kappa shape index (κ1) is 21.1. The van der Waals surface area contributed by atoms with Crippen molar-refractivity contribution in [3.63, 3.8) is 0 Å². The molecule has 2 aromatic rings. The second-order valence-corrected chi connectivity index (χ2v) is 9.34. The summed E-state index contributed by atoms with van der Waals surface area (Å²) in [5.74, 6) is 0.114. The average Bonchev–Trinajstić information content (AvgIpc) is 2.75. The number of nitrogens with zero attached hydrogens (tertiary/aromatic N) is 1. The lowest BCUT2D eigenvalue weighted by Crippen LogP contribution is -2.49. The topological polar surface area (TPSA) is 35.5 Å². The van der Waals surface area contributed by atoms with E-state index in [0.29, 0.717) is 10.0 Å². The Labute approximate surface area is 184 Å². The van der Waals surface area contributed by atoms with Crippen molar-refractivity contribution >= 4 is 23.2 Å². The predicted octanol–water partition coefficient (Wildman–Crippen LogP) is 5.34. The van der Waals surface area contributed by atoms with Crippen LogP contribution in [-0.4, -0.2) is 48.3 Å². The molecule has 0 aromatic heterocycles. The van der Waals surface area contributed by atoms with E-state index in [1.54, 1.807) is 0 Å². The Morgan fingerprint density at radius 1 is 0.931 bits per heavy atom. The van der Waals surface area contributed by atoms with Crippen molar-refractivity contribution in [1.29, 1.82) is 0 Å². The molecule has 2 aliphatic rings. The van der Waals surface area contributed by atoms with E-state index in [1.165, 1.54) is 12.0 Å².